The van der Waals surface area contributed by atoms with Gasteiger partial charge in [0.25, 0.3) is 5.91 Å². The van der Waals surface area contributed by atoms with E-state index >= 15 is 0 Å². The second kappa shape index (κ2) is 40.8. The topological polar surface area (TPSA) is 284 Å². The third kappa shape index (κ3) is 24.2. The van der Waals surface area contributed by atoms with E-state index in [0.29, 0.717) is 183 Å². The molecule has 6 aromatic rings. The lowest BCUT2D eigenvalue weighted by Crippen LogP contribution is -2.52. The van der Waals surface area contributed by atoms with Gasteiger partial charge in [-0.2, -0.15) is 5.10 Å². The second-order valence-electron chi connectivity index (χ2n) is 24.3. The minimum atomic E-state index is -0.680. The van der Waals surface area contributed by atoms with Crippen molar-refractivity contribution in [2.24, 2.45) is 0 Å². The number of carbonyl (C=O) groups excluding carboxylic acids is 5. The Morgan fingerprint density at radius 1 is 0.704 bits per heavy atom. The largest absolute Gasteiger partial charge is 0.457 e. The molecule has 2 saturated heterocycles. The molecule has 528 valence electrons. The number of hydrogen-bond acceptors (Lipinski definition) is 19. The predicted molar refractivity (Wildman–Crippen MR) is 371 cm³/mol. The molecule has 0 radical (unpaired) electrons. The molecule has 4 aromatic carbocycles. The van der Waals surface area contributed by atoms with Crippen molar-refractivity contribution >= 4 is 63.8 Å². The summed E-state index contributed by atoms with van der Waals surface area (Å²) in [5.74, 6) is 0.758. The number of hydrogen-bond donors (Lipinski definition) is 4. The predicted octanol–water partition coefficient (Wildman–Crippen LogP) is 8.97. The van der Waals surface area contributed by atoms with Crippen LogP contribution in [0.1, 0.15) is 97.3 Å². The van der Waals surface area contributed by atoms with Crippen molar-refractivity contribution in [2.45, 2.75) is 95.8 Å². The average molecular weight is 1370 g/mol. The summed E-state index contributed by atoms with van der Waals surface area (Å²) in [6.07, 6.45) is 14.5. The summed E-state index contributed by atoms with van der Waals surface area (Å²) in [7, 11) is 1.99. The van der Waals surface area contributed by atoms with Gasteiger partial charge in [0.15, 0.2) is 5.65 Å². The van der Waals surface area contributed by atoms with Crippen LogP contribution in [0.2, 0.25) is 5.02 Å². The van der Waals surface area contributed by atoms with Crippen molar-refractivity contribution < 1.29 is 66.6 Å². The summed E-state index contributed by atoms with van der Waals surface area (Å²) < 4.78 is 53.1. The highest BCUT2D eigenvalue weighted by Crippen LogP contribution is 2.36. The highest BCUT2D eigenvalue weighted by Gasteiger charge is 2.39. The highest BCUT2D eigenvalue weighted by molar-refractivity contribution is 6.31. The number of benzene rings is 4. The summed E-state index contributed by atoms with van der Waals surface area (Å²) in [5, 5.41) is 14.3. The first-order valence-corrected chi connectivity index (χ1v) is 34.5. The fourth-order valence-corrected chi connectivity index (χ4v) is 12.0. The van der Waals surface area contributed by atoms with Crippen molar-refractivity contribution in [1.82, 2.24) is 45.1 Å². The van der Waals surface area contributed by atoms with Crippen LogP contribution in [0.3, 0.4) is 0 Å². The average Bonchev–Trinajstić information content (AvgIpc) is 1.62. The number of carbonyl (C=O) groups is 5. The number of nitrogens with one attached hydrogen (secondary N) is 3. The third-order valence-electron chi connectivity index (χ3n) is 16.8. The van der Waals surface area contributed by atoms with Crippen molar-refractivity contribution in [1.29, 1.82) is 0 Å². The van der Waals surface area contributed by atoms with Crippen LogP contribution in [-0.4, -0.2) is 209 Å². The van der Waals surface area contributed by atoms with Gasteiger partial charge in [0.1, 0.15) is 35.4 Å². The number of nitrogens with zero attached hydrogens (tertiary/aromatic N) is 7. The number of nitrogens with two attached hydrogens (primary N) is 1. The monoisotopic (exact) mass is 1370 g/mol. The number of aryl methyl sites for hydroxylation is 1. The van der Waals surface area contributed by atoms with Crippen molar-refractivity contribution in [3.05, 3.63) is 137 Å². The zero-order chi connectivity index (χ0) is 68.5. The number of urea groups is 1. The number of amides is 6. The van der Waals surface area contributed by atoms with Gasteiger partial charge in [-0.3, -0.25) is 24.5 Å². The molecule has 3 aliphatic rings. The number of likely N-dealkylation sites (N-methyl/N-ethyl adjacent to an activating group) is 1. The standard InChI is InChI=1S/C72H94ClN11O14/c1-81(26-12-17-65(86)82-27-11-14-59(51-82)84-69-66(68(74)76-52-77-69)67(80-84)55-19-21-61(22-20-55)98-60-15-8-6-9-16-60)28-30-91-32-34-93-36-38-95-40-42-97-44-43-96-41-39-94-37-35-92-33-31-90-29-10-5-3-2-4-7-13-53-46-57(73)48-58(47-53)78-72(89)75-49-54-18-23-62-56(45-54)50-83(71(62)88)63-24-25-64(85)79-70(63)87/h6,8-9,12,15-23,45-48,52,59,63H,2-5,7,10-11,13-14,24-44,49-51H2,1H3,(H2,74,76,77)(H2,75,78,89)(H,79,85,87)/b17-12+/t59-,63?/m1/s1. The number of anilines is 2. The molecule has 5 heterocycles. The maximum absolute atomic E-state index is 13.4. The van der Waals surface area contributed by atoms with E-state index in [-0.39, 0.29) is 49.3 Å². The lowest BCUT2D eigenvalue weighted by molar-refractivity contribution is -0.137. The second-order valence-corrected chi connectivity index (χ2v) is 24.7. The number of aromatic nitrogens is 4. The number of imide groups is 1. The van der Waals surface area contributed by atoms with Gasteiger partial charge in [-0.1, -0.05) is 73.7 Å². The molecule has 0 spiro atoms. The first-order chi connectivity index (χ1) is 47.9. The highest BCUT2D eigenvalue weighted by atomic mass is 35.5. The number of unbranched alkanes of at least 4 members (excludes halogenated alkanes) is 5. The van der Waals surface area contributed by atoms with Gasteiger partial charge in [-0.05, 0) is 123 Å². The number of fused-ring (bicyclic) bond motifs is 2. The van der Waals surface area contributed by atoms with Crippen LogP contribution in [0, 0.1) is 0 Å². The van der Waals surface area contributed by atoms with Crippen LogP contribution in [0.4, 0.5) is 16.3 Å². The molecule has 25 nitrogen and oxygen atoms in total. The van der Waals surface area contributed by atoms with Gasteiger partial charge in [0.05, 0.1) is 111 Å². The van der Waals surface area contributed by atoms with Crippen LogP contribution >= 0.6 is 11.6 Å². The fourth-order valence-electron chi connectivity index (χ4n) is 11.7. The number of piperidine rings is 2. The van der Waals surface area contributed by atoms with Gasteiger partial charge < -0.3 is 73.7 Å². The van der Waals surface area contributed by atoms with Gasteiger partial charge >= 0.3 is 6.03 Å². The van der Waals surface area contributed by atoms with E-state index in [4.69, 9.17) is 65.1 Å². The molecule has 26 heteroatoms. The number of likely N-dealkylation sites (tertiary alicyclic amines) is 1. The Hall–Kier alpha value is -7.95. The third-order valence-corrected chi connectivity index (χ3v) is 17.1. The first-order valence-electron chi connectivity index (χ1n) is 34.1. The van der Waals surface area contributed by atoms with E-state index in [1.54, 1.807) is 24.3 Å². The van der Waals surface area contributed by atoms with E-state index in [1.165, 1.54) is 11.2 Å². The SMILES string of the molecule is CN(C/C=C/C(=O)N1CCC[C@@H](n2nc(-c3ccc(Oc4ccccc4)cc3)c3c(N)ncnc32)C1)CCOCCOCCOCCOCCOCCOCCOCCOCCCCCCCCc1cc(Cl)cc(NC(=O)NCc2ccc3c(c2)CN(C2CCC(=O)NC2=O)C3=O)c1. The Kier molecular flexibility index (Phi) is 30.9. The summed E-state index contributed by atoms with van der Waals surface area (Å²) in [4.78, 5) is 77.6. The number of halogens is 1. The molecule has 1 unspecified atom stereocenters. The van der Waals surface area contributed by atoms with Crippen LogP contribution in [0.5, 0.6) is 11.5 Å². The molecule has 3 aliphatic heterocycles. The number of rotatable bonds is 44. The maximum atomic E-state index is 13.4. The zero-order valence-electron chi connectivity index (χ0n) is 56.2. The molecule has 0 saturated carbocycles. The van der Waals surface area contributed by atoms with Crippen LogP contribution in [-0.2, 0) is 71.8 Å². The molecule has 5 N–H and O–H groups in total. The smallest absolute Gasteiger partial charge is 0.319 e. The molecule has 0 bridgehead atoms. The Balaban J connectivity index is 0.487. The zero-order valence-corrected chi connectivity index (χ0v) is 56.9. The molecular weight excluding hydrogens is 1280 g/mol. The summed E-state index contributed by atoms with van der Waals surface area (Å²) >= 11 is 6.43. The molecule has 98 heavy (non-hydrogen) atoms. The van der Waals surface area contributed by atoms with E-state index < -0.39 is 11.9 Å². The van der Waals surface area contributed by atoms with Crippen molar-refractivity contribution in [3.63, 3.8) is 0 Å². The number of para-hydroxylation sites is 1. The minimum Gasteiger partial charge on any atom is -0.457 e. The number of ether oxygens (including phenoxy) is 9. The normalized spacial score (nSPS) is 15.6. The molecule has 0 aliphatic carbocycles. The Morgan fingerprint density at radius 2 is 1.34 bits per heavy atom. The molecular formula is C72H94ClN11O14. The summed E-state index contributed by atoms with van der Waals surface area (Å²) in [6.45, 7) is 11.0. The Morgan fingerprint density at radius 3 is 2.01 bits per heavy atom. The minimum absolute atomic E-state index is 0.0365. The van der Waals surface area contributed by atoms with E-state index in [2.05, 4.69) is 30.8 Å². The van der Waals surface area contributed by atoms with E-state index in [1.807, 2.05) is 95.5 Å². The van der Waals surface area contributed by atoms with E-state index in [9.17, 15) is 24.0 Å². The number of nitrogen functional groups attached to an aromatic ring is 1. The van der Waals surface area contributed by atoms with Crippen LogP contribution in [0.25, 0.3) is 22.3 Å². The van der Waals surface area contributed by atoms with Gasteiger partial charge in [-0.25, -0.2) is 19.4 Å². The maximum Gasteiger partial charge on any atom is 0.319 e. The van der Waals surface area contributed by atoms with Gasteiger partial charge in [0, 0.05) is 80.2 Å². The molecule has 2 fully saturated rings. The molecule has 9 rings (SSSR count). The van der Waals surface area contributed by atoms with Crippen LogP contribution in [0.15, 0.2) is 109 Å². The first kappa shape index (κ1) is 74.3. The molecule has 2 atom stereocenters. The lowest BCUT2D eigenvalue weighted by Gasteiger charge is -2.32. The van der Waals surface area contributed by atoms with Gasteiger partial charge in [0.2, 0.25) is 17.7 Å². The van der Waals surface area contributed by atoms with Crippen LogP contribution < -0.4 is 26.4 Å². The summed E-state index contributed by atoms with van der Waals surface area (Å²) in [6, 6.07) is 27.2. The van der Waals surface area contributed by atoms with E-state index in [0.717, 1.165) is 85.8 Å². The molecule has 2 aromatic heterocycles. The van der Waals surface area contributed by atoms with Crippen molar-refractivity contribution in [3.8, 4) is 22.8 Å². The Labute approximate surface area is 578 Å². The quantitative estimate of drug-likeness (QED) is 0.0158. The van der Waals surface area contributed by atoms with Gasteiger partial charge in [-0.15, -0.1) is 0 Å². The lowest BCUT2D eigenvalue weighted by atomic mass is 10.0. The molecule has 6 amide bonds. The Bertz CT molecular complexity index is 3510. The fraction of sp³-hybridized carbons (Fsp3) is 0.500. The van der Waals surface area contributed by atoms with Crippen molar-refractivity contribution in [2.75, 3.05) is 150 Å². The summed E-state index contributed by atoms with van der Waals surface area (Å²) in [5.41, 5.74) is 12.4.